The molecule has 2 nitrogen and oxygen atoms in total. The Bertz CT molecular complexity index is 37.4. The molecule has 0 spiro atoms. The molecule has 0 rings (SSSR count). The van der Waals surface area contributed by atoms with Gasteiger partial charge in [-0.2, -0.15) is 4.94 Å². The van der Waals surface area contributed by atoms with Crippen LogP contribution in [0, 0.1) is 0 Å². The van der Waals surface area contributed by atoms with E-state index in [0.29, 0.717) is 6.54 Å². The van der Waals surface area contributed by atoms with Crippen LogP contribution in [-0.2, 0) is 4.94 Å². The zero-order valence-electron chi connectivity index (χ0n) is 5.11. The van der Waals surface area contributed by atoms with Gasteiger partial charge in [0.2, 0.25) is 0 Å². The standard InChI is InChI=1S/C5H12FNO/c1-2-3-7-4-5-8-6/h7H,2-5H2,1H3. The molecular weight excluding hydrogens is 109 g/mol. The Kier molecular flexibility index (Phi) is 6.72. The molecular formula is C5H12FNO. The number of nitrogens with one attached hydrogen (secondary N) is 1. The first-order valence-electron chi connectivity index (χ1n) is 2.86. The van der Waals surface area contributed by atoms with Gasteiger partial charge in [0.1, 0.15) is 6.61 Å². The maximum atomic E-state index is 10.9. The predicted octanol–water partition coefficient (Wildman–Crippen LogP) is 0.887. The highest BCUT2D eigenvalue weighted by Crippen LogP contribution is 1.71. The van der Waals surface area contributed by atoms with E-state index < -0.39 is 0 Å². The summed E-state index contributed by atoms with van der Waals surface area (Å²) in [5.41, 5.74) is 0. The lowest BCUT2D eigenvalue weighted by Crippen LogP contribution is -2.18. The second-order valence-corrected chi connectivity index (χ2v) is 1.56. The normalized spacial score (nSPS) is 9.75. The molecule has 0 unspecified atom stereocenters. The van der Waals surface area contributed by atoms with Crippen LogP contribution < -0.4 is 5.32 Å². The summed E-state index contributed by atoms with van der Waals surface area (Å²) >= 11 is 0. The predicted molar refractivity (Wildman–Crippen MR) is 30.2 cm³/mol. The smallest absolute Gasteiger partial charge is 0.100 e. The molecule has 0 aliphatic carbocycles. The van der Waals surface area contributed by atoms with Gasteiger partial charge >= 0.3 is 0 Å². The zero-order valence-corrected chi connectivity index (χ0v) is 5.11. The number of halogens is 1. The summed E-state index contributed by atoms with van der Waals surface area (Å²) in [4.78, 5) is 3.33. The van der Waals surface area contributed by atoms with E-state index in [-0.39, 0.29) is 6.61 Å². The average molecular weight is 121 g/mol. The molecule has 0 saturated carbocycles. The summed E-state index contributed by atoms with van der Waals surface area (Å²) < 4.78 is 10.9. The zero-order chi connectivity index (χ0) is 6.24. The van der Waals surface area contributed by atoms with Crippen LogP contribution in [0.4, 0.5) is 4.53 Å². The third-order valence-electron chi connectivity index (χ3n) is 0.783. The van der Waals surface area contributed by atoms with Crippen LogP contribution in [0.2, 0.25) is 0 Å². The molecule has 0 bridgehead atoms. The Morgan fingerprint density at radius 3 is 2.75 bits per heavy atom. The van der Waals surface area contributed by atoms with E-state index in [1.165, 1.54) is 0 Å². The molecule has 50 valence electrons. The van der Waals surface area contributed by atoms with Crippen molar-refractivity contribution in [2.75, 3.05) is 19.7 Å². The fourth-order valence-electron chi connectivity index (χ4n) is 0.413. The van der Waals surface area contributed by atoms with Crippen LogP contribution in [0.25, 0.3) is 0 Å². The molecule has 0 atom stereocenters. The average Bonchev–Trinajstić information content (AvgIpc) is 1.81. The quantitative estimate of drug-likeness (QED) is 0.545. The van der Waals surface area contributed by atoms with E-state index in [4.69, 9.17) is 0 Å². The molecule has 0 aromatic carbocycles. The fraction of sp³-hybridized carbons (Fsp3) is 1.00. The Labute approximate surface area is 48.9 Å². The van der Waals surface area contributed by atoms with Gasteiger partial charge in [-0.3, -0.25) is 0 Å². The summed E-state index contributed by atoms with van der Waals surface area (Å²) in [5.74, 6) is 0. The summed E-state index contributed by atoms with van der Waals surface area (Å²) in [7, 11) is 0. The van der Waals surface area contributed by atoms with Gasteiger partial charge in [-0.1, -0.05) is 6.92 Å². The van der Waals surface area contributed by atoms with Gasteiger partial charge < -0.3 is 5.32 Å². The van der Waals surface area contributed by atoms with Crippen molar-refractivity contribution >= 4 is 0 Å². The van der Waals surface area contributed by atoms with Crippen molar-refractivity contribution in [1.82, 2.24) is 5.32 Å². The molecule has 0 aromatic rings. The van der Waals surface area contributed by atoms with Crippen molar-refractivity contribution in [2.24, 2.45) is 0 Å². The van der Waals surface area contributed by atoms with E-state index in [2.05, 4.69) is 17.2 Å². The van der Waals surface area contributed by atoms with Crippen LogP contribution in [0.3, 0.4) is 0 Å². The van der Waals surface area contributed by atoms with Gasteiger partial charge in [0.05, 0.1) is 0 Å². The second-order valence-electron chi connectivity index (χ2n) is 1.56. The van der Waals surface area contributed by atoms with E-state index in [9.17, 15) is 4.53 Å². The minimum atomic E-state index is 0.153. The first-order chi connectivity index (χ1) is 3.91. The minimum Gasteiger partial charge on any atom is -0.314 e. The Balaban J connectivity index is 2.53. The summed E-state index contributed by atoms with van der Waals surface area (Å²) in [6.45, 7) is 3.75. The second kappa shape index (κ2) is 6.85. The summed E-state index contributed by atoms with van der Waals surface area (Å²) in [6.07, 6.45) is 1.08. The fourth-order valence-corrected chi connectivity index (χ4v) is 0.413. The molecule has 1 N–H and O–H groups in total. The highest BCUT2D eigenvalue weighted by Gasteiger charge is 1.82. The van der Waals surface area contributed by atoms with E-state index >= 15 is 0 Å². The largest absolute Gasteiger partial charge is 0.314 e. The lowest BCUT2D eigenvalue weighted by Gasteiger charge is -1.96. The number of rotatable bonds is 5. The number of hydrogen-bond acceptors (Lipinski definition) is 2. The third kappa shape index (κ3) is 5.85. The van der Waals surface area contributed by atoms with Gasteiger partial charge in [-0.05, 0) is 17.5 Å². The van der Waals surface area contributed by atoms with Crippen LogP contribution in [0.5, 0.6) is 0 Å². The van der Waals surface area contributed by atoms with E-state index in [1.54, 1.807) is 0 Å². The Morgan fingerprint density at radius 1 is 1.50 bits per heavy atom. The summed E-state index contributed by atoms with van der Waals surface area (Å²) in [6, 6.07) is 0. The molecule has 0 fully saturated rings. The van der Waals surface area contributed by atoms with Gasteiger partial charge in [-0.25, -0.2) is 0 Å². The SMILES string of the molecule is CCCNCCOF. The highest BCUT2D eigenvalue weighted by molar-refractivity contribution is 4.40. The van der Waals surface area contributed by atoms with Crippen molar-refractivity contribution in [3.8, 4) is 0 Å². The number of hydrogen-bond donors (Lipinski definition) is 1. The third-order valence-corrected chi connectivity index (χ3v) is 0.783. The Hall–Kier alpha value is -0.150. The molecule has 0 amide bonds. The molecule has 3 heteroatoms. The van der Waals surface area contributed by atoms with Gasteiger partial charge in [0.25, 0.3) is 0 Å². The molecule has 0 aromatic heterocycles. The van der Waals surface area contributed by atoms with Gasteiger partial charge in [-0.15, -0.1) is 0 Å². The molecule has 0 aliphatic rings. The molecule has 0 heterocycles. The Morgan fingerprint density at radius 2 is 2.25 bits per heavy atom. The van der Waals surface area contributed by atoms with Crippen LogP contribution in [-0.4, -0.2) is 19.7 Å². The van der Waals surface area contributed by atoms with Crippen LogP contribution >= 0.6 is 0 Å². The lowest BCUT2D eigenvalue weighted by molar-refractivity contribution is -0.129. The maximum Gasteiger partial charge on any atom is 0.100 e. The van der Waals surface area contributed by atoms with Crippen LogP contribution in [0.1, 0.15) is 13.3 Å². The van der Waals surface area contributed by atoms with Crippen molar-refractivity contribution in [3.05, 3.63) is 0 Å². The van der Waals surface area contributed by atoms with Crippen molar-refractivity contribution in [3.63, 3.8) is 0 Å². The molecule has 0 aliphatic heterocycles. The van der Waals surface area contributed by atoms with Crippen molar-refractivity contribution in [1.29, 1.82) is 0 Å². The summed E-state index contributed by atoms with van der Waals surface area (Å²) in [5, 5.41) is 2.97. The first-order valence-corrected chi connectivity index (χ1v) is 2.86. The molecule has 0 radical (unpaired) electrons. The van der Waals surface area contributed by atoms with E-state index in [1.807, 2.05) is 0 Å². The first kappa shape index (κ1) is 7.85. The molecule has 8 heavy (non-hydrogen) atoms. The monoisotopic (exact) mass is 121 g/mol. The lowest BCUT2D eigenvalue weighted by atomic mass is 10.5. The van der Waals surface area contributed by atoms with Gasteiger partial charge in [0, 0.05) is 6.54 Å². The maximum absolute atomic E-state index is 10.9. The van der Waals surface area contributed by atoms with E-state index in [0.717, 1.165) is 13.0 Å². The topological polar surface area (TPSA) is 21.3 Å². The molecule has 0 saturated heterocycles. The van der Waals surface area contributed by atoms with Gasteiger partial charge in [0.15, 0.2) is 0 Å². The van der Waals surface area contributed by atoms with Crippen molar-refractivity contribution in [2.45, 2.75) is 13.3 Å². The van der Waals surface area contributed by atoms with Crippen LogP contribution in [0.15, 0.2) is 0 Å². The minimum absolute atomic E-state index is 0.153. The van der Waals surface area contributed by atoms with Crippen molar-refractivity contribution < 1.29 is 9.47 Å². The highest BCUT2D eigenvalue weighted by atomic mass is 19.3.